The largest absolute Gasteiger partial charge is 0.497 e. The Kier molecular flexibility index (Phi) is 4.71. The lowest BCUT2D eigenvalue weighted by Crippen LogP contribution is -2.28. The Morgan fingerprint density at radius 2 is 1.71 bits per heavy atom. The van der Waals surface area contributed by atoms with Gasteiger partial charge in [0.2, 0.25) is 0 Å². The van der Waals surface area contributed by atoms with Gasteiger partial charge in [-0.15, -0.1) is 0 Å². The molecule has 0 unspecified atom stereocenters. The van der Waals surface area contributed by atoms with Crippen LogP contribution in [0.25, 0.3) is 0 Å². The highest BCUT2D eigenvalue weighted by Gasteiger charge is 2.04. The standard InChI is InChI=1S/C15H14F2N2O2/c1-21-14-4-2-13(3-5-14)19-15(20)18-9-10-6-11(16)8-12(17)7-10/h2-8H,9H2,1H3,(H2,18,19,20). The molecule has 0 aliphatic rings. The number of halogens is 2. The number of hydrogen-bond donors (Lipinski definition) is 2. The van der Waals surface area contributed by atoms with Crippen LogP contribution in [-0.4, -0.2) is 13.1 Å². The van der Waals surface area contributed by atoms with E-state index in [1.165, 1.54) is 0 Å². The lowest BCUT2D eigenvalue weighted by molar-refractivity contribution is 0.251. The second-order valence-electron chi connectivity index (χ2n) is 4.31. The molecule has 0 aromatic heterocycles. The third-order valence-electron chi connectivity index (χ3n) is 2.72. The Hall–Kier alpha value is -2.63. The summed E-state index contributed by atoms with van der Waals surface area (Å²) in [5.74, 6) is -0.680. The van der Waals surface area contributed by atoms with Gasteiger partial charge in [0.25, 0.3) is 0 Å². The fourth-order valence-corrected chi connectivity index (χ4v) is 1.74. The van der Waals surface area contributed by atoms with Gasteiger partial charge in [-0.05, 0) is 42.0 Å². The summed E-state index contributed by atoms with van der Waals surface area (Å²) in [6.45, 7) is 0.0245. The summed E-state index contributed by atoms with van der Waals surface area (Å²) in [5.41, 5.74) is 0.927. The molecule has 2 amide bonds. The fourth-order valence-electron chi connectivity index (χ4n) is 1.74. The summed E-state index contributed by atoms with van der Waals surface area (Å²) in [6, 6.07) is 9.41. The molecule has 2 aromatic carbocycles. The number of methoxy groups -OCH3 is 1. The summed E-state index contributed by atoms with van der Waals surface area (Å²) >= 11 is 0. The molecule has 0 aliphatic carbocycles. The second kappa shape index (κ2) is 6.69. The molecular formula is C15H14F2N2O2. The van der Waals surface area contributed by atoms with E-state index in [2.05, 4.69) is 10.6 Å². The number of nitrogens with one attached hydrogen (secondary N) is 2. The van der Waals surface area contributed by atoms with E-state index in [1.807, 2.05) is 0 Å². The highest BCUT2D eigenvalue weighted by atomic mass is 19.1. The molecule has 21 heavy (non-hydrogen) atoms. The van der Waals surface area contributed by atoms with E-state index in [1.54, 1.807) is 31.4 Å². The molecule has 0 saturated carbocycles. The van der Waals surface area contributed by atoms with Gasteiger partial charge in [-0.25, -0.2) is 13.6 Å². The first-order valence-electron chi connectivity index (χ1n) is 6.20. The van der Waals surface area contributed by atoms with Crippen LogP contribution in [0.4, 0.5) is 19.3 Å². The molecule has 0 radical (unpaired) electrons. The summed E-state index contributed by atoms with van der Waals surface area (Å²) in [4.78, 5) is 11.7. The van der Waals surface area contributed by atoms with Crippen LogP contribution < -0.4 is 15.4 Å². The zero-order valence-electron chi connectivity index (χ0n) is 11.3. The van der Waals surface area contributed by atoms with Crippen molar-refractivity contribution in [3.63, 3.8) is 0 Å². The summed E-state index contributed by atoms with van der Waals surface area (Å²) in [5, 5.41) is 5.12. The van der Waals surface area contributed by atoms with E-state index < -0.39 is 17.7 Å². The molecule has 2 N–H and O–H groups in total. The SMILES string of the molecule is COc1ccc(NC(=O)NCc2cc(F)cc(F)c2)cc1. The van der Waals surface area contributed by atoms with Crippen LogP contribution >= 0.6 is 0 Å². The van der Waals surface area contributed by atoms with Crippen molar-refractivity contribution in [2.75, 3.05) is 12.4 Å². The molecule has 2 rings (SSSR count). The van der Waals surface area contributed by atoms with E-state index in [9.17, 15) is 13.6 Å². The number of carbonyl (C=O) groups excluding carboxylic acids is 1. The predicted molar refractivity (Wildman–Crippen MR) is 75.2 cm³/mol. The quantitative estimate of drug-likeness (QED) is 0.908. The second-order valence-corrected chi connectivity index (χ2v) is 4.31. The number of amides is 2. The van der Waals surface area contributed by atoms with Gasteiger partial charge in [-0.3, -0.25) is 0 Å². The minimum atomic E-state index is -0.678. The molecule has 0 atom stereocenters. The Labute approximate surface area is 120 Å². The van der Waals surface area contributed by atoms with Crippen LogP contribution in [0.3, 0.4) is 0 Å². The maximum Gasteiger partial charge on any atom is 0.319 e. The van der Waals surface area contributed by atoms with Gasteiger partial charge in [0, 0.05) is 18.3 Å². The Bertz CT molecular complexity index is 610. The van der Waals surface area contributed by atoms with Gasteiger partial charge in [0.05, 0.1) is 7.11 Å². The molecular weight excluding hydrogens is 278 g/mol. The van der Waals surface area contributed by atoms with Gasteiger partial charge in [-0.1, -0.05) is 0 Å². The predicted octanol–water partition coefficient (Wildman–Crippen LogP) is 3.30. The molecule has 0 heterocycles. The number of rotatable bonds is 4. The number of anilines is 1. The van der Waals surface area contributed by atoms with E-state index >= 15 is 0 Å². The molecule has 6 heteroatoms. The van der Waals surface area contributed by atoms with Crippen molar-refractivity contribution in [1.82, 2.24) is 5.32 Å². The van der Waals surface area contributed by atoms with E-state index in [-0.39, 0.29) is 6.54 Å². The molecule has 110 valence electrons. The minimum absolute atomic E-state index is 0.0245. The Balaban J connectivity index is 1.89. The topological polar surface area (TPSA) is 50.4 Å². The van der Waals surface area contributed by atoms with Gasteiger partial charge < -0.3 is 15.4 Å². The number of carbonyl (C=O) groups is 1. The smallest absolute Gasteiger partial charge is 0.319 e. The van der Waals surface area contributed by atoms with Crippen molar-refractivity contribution in [1.29, 1.82) is 0 Å². The van der Waals surface area contributed by atoms with Crippen molar-refractivity contribution in [2.45, 2.75) is 6.54 Å². The average Bonchev–Trinajstić information content (AvgIpc) is 2.45. The number of ether oxygens (including phenoxy) is 1. The van der Waals surface area contributed by atoms with Gasteiger partial charge >= 0.3 is 6.03 Å². The molecule has 2 aromatic rings. The van der Waals surface area contributed by atoms with E-state index in [4.69, 9.17) is 4.74 Å². The van der Waals surface area contributed by atoms with Crippen LogP contribution in [0.15, 0.2) is 42.5 Å². The first kappa shape index (κ1) is 14.8. The van der Waals surface area contributed by atoms with Crippen molar-refractivity contribution in [3.8, 4) is 5.75 Å². The zero-order valence-corrected chi connectivity index (χ0v) is 11.3. The highest BCUT2D eigenvalue weighted by molar-refractivity contribution is 5.89. The molecule has 0 saturated heterocycles. The lowest BCUT2D eigenvalue weighted by atomic mass is 10.2. The van der Waals surface area contributed by atoms with Gasteiger partial charge in [0.15, 0.2) is 0 Å². The van der Waals surface area contributed by atoms with E-state index in [0.29, 0.717) is 17.0 Å². The third kappa shape index (κ3) is 4.45. The van der Waals surface area contributed by atoms with E-state index in [0.717, 1.165) is 18.2 Å². The number of urea groups is 1. The van der Waals surface area contributed by atoms with Crippen molar-refractivity contribution < 1.29 is 18.3 Å². The summed E-state index contributed by atoms with van der Waals surface area (Å²) in [7, 11) is 1.55. The van der Waals surface area contributed by atoms with Crippen LogP contribution in [0, 0.1) is 11.6 Å². The van der Waals surface area contributed by atoms with Crippen molar-refractivity contribution in [2.24, 2.45) is 0 Å². The van der Waals surface area contributed by atoms with Gasteiger partial charge in [0.1, 0.15) is 17.4 Å². The third-order valence-corrected chi connectivity index (χ3v) is 2.72. The molecule has 4 nitrogen and oxygen atoms in total. The maximum atomic E-state index is 13.0. The first-order valence-corrected chi connectivity index (χ1v) is 6.20. The van der Waals surface area contributed by atoms with Crippen molar-refractivity contribution in [3.05, 3.63) is 59.7 Å². The number of hydrogen-bond acceptors (Lipinski definition) is 2. The first-order chi connectivity index (χ1) is 10.1. The Morgan fingerprint density at radius 3 is 2.29 bits per heavy atom. The normalized spacial score (nSPS) is 10.0. The maximum absolute atomic E-state index is 13.0. The molecule has 0 fully saturated rings. The van der Waals surface area contributed by atoms with Crippen LogP contribution in [-0.2, 0) is 6.54 Å². The van der Waals surface area contributed by atoms with Crippen LogP contribution in [0.2, 0.25) is 0 Å². The van der Waals surface area contributed by atoms with Crippen LogP contribution in [0.5, 0.6) is 5.75 Å². The van der Waals surface area contributed by atoms with Gasteiger partial charge in [-0.2, -0.15) is 0 Å². The lowest BCUT2D eigenvalue weighted by Gasteiger charge is -2.08. The average molecular weight is 292 g/mol. The minimum Gasteiger partial charge on any atom is -0.497 e. The summed E-state index contributed by atoms with van der Waals surface area (Å²) in [6.07, 6.45) is 0. The Morgan fingerprint density at radius 1 is 1.10 bits per heavy atom. The molecule has 0 bridgehead atoms. The zero-order chi connectivity index (χ0) is 15.2. The monoisotopic (exact) mass is 292 g/mol. The van der Waals surface area contributed by atoms with Crippen molar-refractivity contribution >= 4 is 11.7 Å². The fraction of sp³-hybridized carbons (Fsp3) is 0.133. The summed E-state index contributed by atoms with van der Waals surface area (Å²) < 4.78 is 31.0. The molecule has 0 aliphatic heterocycles. The molecule has 0 spiro atoms. The van der Waals surface area contributed by atoms with Crippen LogP contribution in [0.1, 0.15) is 5.56 Å². The highest BCUT2D eigenvalue weighted by Crippen LogP contribution is 2.14. The number of benzene rings is 2.